The molecule has 1 aliphatic heterocycles. The van der Waals surface area contributed by atoms with E-state index in [0.717, 1.165) is 36.8 Å². The smallest absolute Gasteiger partial charge is 0.341 e. The molecule has 1 aliphatic rings. The van der Waals surface area contributed by atoms with E-state index in [1.807, 2.05) is 27.4 Å². The summed E-state index contributed by atoms with van der Waals surface area (Å²) in [4.78, 5) is 34.9. The SMILES string of the molecule is CC(C)(C)[C@@H]1Cn2nc3c(OCCCCCCCC(=O)O)cccc3c2-c2cc(=O)c(C(=O)O)cn21. The molecule has 1 atom stereocenters. The minimum atomic E-state index is -1.23. The van der Waals surface area contributed by atoms with Crippen LogP contribution in [0.15, 0.2) is 35.3 Å². The lowest BCUT2D eigenvalue weighted by Gasteiger charge is -2.38. The van der Waals surface area contributed by atoms with Crippen molar-refractivity contribution in [1.29, 1.82) is 0 Å². The minimum Gasteiger partial charge on any atom is -0.491 e. The molecule has 0 bridgehead atoms. The summed E-state index contributed by atoms with van der Waals surface area (Å²) >= 11 is 0. The summed E-state index contributed by atoms with van der Waals surface area (Å²) in [7, 11) is 0. The maximum absolute atomic E-state index is 12.6. The van der Waals surface area contributed by atoms with Crippen molar-refractivity contribution in [3.63, 3.8) is 0 Å². The van der Waals surface area contributed by atoms with Crippen LogP contribution >= 0.6 is 0 Å². The molecule has 0 amide bonds. The number of aromatic nitrogens is 3. The van der Waals surface area contributed by atoms with Crippen molar-refractivity contribution >= 4 is 22.8 Å². The second-order valence-corrected chi connectivity index (χ2v) is 10.5. The first-order valence-corrected chi connectivity index (χ1v) is 12.4. The maximum atomic E-state index is 12.6. The zero-order valence-corrected chi connectivity index (χ0v) is 21.0. The molecule has 3 aromatic rings. The van der Waals surface area contributed by atoms with Crippen LogP contribution < -0.4 is 10.2 Å². The highest BCUT2D eigenvalue weighted by Crippen LogP contribution is 2.43. The zero-order chi connectivity index (χ0) is 26.0. The predicted molar refractivity (Wildman–Crippen MR) is 136 cm³/mol. The molecular weight excluding hydrogens is 462 g/mol. The molecular formula is C27H33N3O6. The molecule has 9 heteroatoms. The van der Waals surface area contributed by atoms with Gasteiger partial charge < -0.3 is 19.5 Å². The molecule has 0 fully saturated rings. The zero-order valence-electron chi connectivity index (χ0n) is 21.0. The number of rotatable bonds is 10. The molecule has 9 nitrogen and oxygen atoms in total. The highest BCUT2D eigenvalue weighted by molar-refractivity contribution is 5.96. The van der Waals surface area contributed by atoms with E-state index in [-0.39, 0.29) is 23.4 Å². The fourth-order valence-corrected chi connectivity index (χ4v) is 4.84. The molecule has 192 valence electrons. The van der Waals surface area contributed by atoms with E-state index in [1.165, 1.54) is 12.3 Å². The van der Waals surface area contributed by atoms with Gasteiger partial charge in [-0.2, -0.15) is 5.10 Å². The molecule has 0 saturated carbocycles. The summed E-state index contributed by atoms with van der Waals surface area (Å²) in [6.07, 6.45) is 6.07. The van der Waals surface area contributed by atoms with Crippen molar-refractivity contribution in [1.82, 2.24) is 14.3 Å². The van der Waals surface area contributed by atoms with Crippen molar-refractivity contribution < 1.29 is 24.5 Å². The number of ether oxygens (including phenoxy) is 1. The number of carbonyl (C=O) groups is 2. The molecule has 2 N–H and O–H groups in total. The number of carboxylic acids is 2. The molecule has 2 aromatic heterocycles. The molecule has 0 saturated heterocycles. The van der Waals surface area contributed by atoms with Crippen LogP contribution in [-0.4, -0.2) is 43.1 Å². The van der Waals surface area contributed by atoms with E-state index in [2.05, 4.69) is 20.8 Å². The van der Waals surface area contributed by atoms with E-state index in [9.17, 15) is 19.5 Å². The number of hydrogen-bond donors (Lipinski definition) is 2. The van der Waals surface area contributed by atoms with Crippen LogP contribution in [0, 0.1) is 5.41 Å². The Labute approximate surface area is 209 Å². The van der Waals surface area contributed by atoms with Crippen molar-refractivity contribution in [3.05, 3.63) is 46.2 Å². The summed E-state index contributed by atoms with van der Waals surface area (Å²) in [5.74, 6) is -1.31. The summed E-state index contributed by atoms with van der Waals surface area (Å²) in [5, 5.41) is 24.0. The summed E-state index contributed by atoms with van der Waals surface area (Å²) in [6, 6.07) is 7.04. The largest absolute Gasteiger partial charge is 0.491 e. The third-order valence-electron chi connectivity index (χ3n) is 6.76. The van der Waals surface area contributed by atoms with E-state index >= 15 is 0 Å². The van der Waals surface area contributed by atoms with Crippen LogP contribution in [0.1, 0.15) is 75.7 Å². The van der Waals surface area contributed by atoms with Crippen molar-refractivity contribution in [2.75, 3.05) is 6.61 Å². The van der Waals surface area contributed by atoms with E-state index < -0.39 is 17.4 Å². The Kier molecular flexibility index (Phi) is 7.19. The van der Waals surface area contributed by atoms with Gasteiger partial charge >= 0.3 is 11.9 Å². The van der Waals surface area contributed by atoms with Crippen LogP contribution in [0.2, 0.25) is 0 Å². The molecule has 1 aromatic carbocycles. The normalized spacial score (nSPS) is 14.9. The fourth-order valence-electron chi connectivity index (χ4n) is 4.84. The third-order valence-corrected chi connectivity index (χ3v) is 6.76. The maximum Gasteiger partial charge on any atom is 0.341 e. The van der Waals surface area contributed by atoms with Gasteiger partial charge in [0.05, 0.1) is 30.6 Å². The number of carboxylic acid groups (broad SMARTS) is 2. The highest BCUT2D eigenvalue weighted by atomic mass is 16.5. The first-order chi connectivity index (χ1) is 17.1. The Balaban J connectivity index is 1.61. The van der Waals surface area contributed by atoms with Gasteiger partial charge in [0.25, 0.3) is 0 Å². The van der Waals surface area contributed by atoms with Crippen molar-refractivity contribution in [2.45, 2.75) is 71.9 Å². The first-order valence-electron chi connectivity index (χ1n) is 12.4. The standard InChI is InChI=1S/C27H33N3O6/c1-27(2,3)22-16-30-25(19-14-20(31)18(26(34)35)15-29(19)22)17-10-9-11-21(24(17)28-30)36-13-8-6-4-5-7-12-23(32)33/h9-11,14-15,22H,4-8,12-13,16H2,1-3H3,(H,32,33)(H,34,35)/t22-/m0/s1. The quantitative estimate of drug-likeness (QED) is 0.381. The average Bonchev–Trinajstić information content (AvgIpc) is 3.18. The van der Waals surface area contributed by atoms with Crippen molar-refractivity contribution in [2.24, 2.45) is 5.41 Å². The Bertz CT molecular complexity index is 1350. The average molecular weight is 496 g/mol. The molecule has 36 heavy (non-hydrogen) atoms. The third kappa shape index (κ3) is 5.15. The monoisotopic (exact) mass is 495 g/mol. The van der Waals surface area contributed by atoms with Crippen LogP contribution in [0.5, 0.6) is 5.75 Å². The van der Waals surface area contributed by atoms with Gasteiger partial charge in [-0.3, -0.25) is 14.3 Å². The second kappa shape index (κ2) is 10.2. The van der Waals surface area contributed by atoms with Crippen LogP contribution in [0.25, 0.3) is 22.3 Å². The molecule has 3 heterocycles. The number of fused-ring (bicyclic) bond motifs is 5. The Morgan fingerprint density at radius 1 is 1.11 bits per heavy atom. The Hall–Kier alpha value is -3.62. The number of benzene rings is 1. The van der Waals surface area contributed by atoms with Crippen molar-refractivity contribution in [3.8, 4) is 17.1 Å². The number of pyridine rings is 1. The minimum absolute atomic E-state index is 0.0986. The molecule has 0 spiro atoms. The van der Waals surface area contributed by atoms with Gasteiger partial charge in [-0.1, -0.05) is 52.2 Å². The molecule has 0 radical (unpaired) electrons. The lowest BCUT2D eigenvalue weighted by molar-refractivity contribution is -0.137. The second-order valence-electron chi connectivity index (χ2n) is 10.5. The fraction of sp³-hybridized carbons (Fsp3) is 0.481. The van der Waals surface area contributed by atoms with Gasteiger partial charge in [-0.05, 0) is 24.3 Å². The van der Waals surface area contributed by atoms with Crippen LogP contribution in [-0.2, 0) is 11.3 Å². The lowest BCUT2D eigenvalue weighted by atomic mass is 9.85. The van der Waals surface area contributed by atoms with E-state index in [4.69, 9.17) is 14.9 Å². The number of unbranched alkanes of at least 4 members (excludes halogenated alkanes) is 4. The topological polar surface area (TPSA) is 124 Å². The summed E-state index contributed by atoms with van der Waals surface area (Å²) in [6.45, 7) is 7.33. The first kappa shape index (κ1) is 25.5. The van der Waals surface area contributed by atoms with Gasteiger partial charge in [-0.25, -0.2) is 4.79 Å². The number of aromatic carboxylic acids is 1. The lowest BCUT2D eigenvalue weighted by Crippen LogP contribution is -2.35. The molecule has 4 rings (SSSR count). The van der Waals surface area contributed by atoms with E-state index in [0.29, 0.717) is 36.5 Å². The van der Waals surface area contributed by atoms with Gasteiger partial charge in [-0.15, -0.1) is 0 Å². The number of aliphatic carboxylic acids is 1. The molecule has 0 aliphatic carbocycles. The highest BCUT2D eigenvalue weighted by Gasteiger charge is 2.35. The number of nitrogens with zero attached hydrogens (tertiary/aromatic N) is 3. The van der Waals surface area contributed by atoms with Gasteiger partial charge in [0.2, 0.25) is 0 Å². The predicted octanol–water partition coefficient (Wildman–Crippen LogP) is 4.97. The van der Waals surface area contributed by atoms with Crippen LogP contribution in [0.3, 0.4) is 0 Å². The molecule has 0 unspecified atom stereocenters. The number of hydrogen-bond acceptors (Lipinski definition) is 5. The van der Waals surface area contributed by atoms with E-state index in [1.54, 1.807) is 0 Å². The Morgan fingerprint density at radius 2 is 1.83 bits per heavy atom. The van der Waals surface area contributed by atoms with Gasteiger partial charge in [0.15, 0.2) is 5.43 Å². The van der Waals surface area contributed by atoms with Gasteiger partial charge in [0.1, 0.15) is 16.8 Å². The Morgan fingerprint density at radius 3 is 2.53 bits per heavy atom. The summed E-state index contributed by atoms with van der Waals surface area (Å²) < 4.78 is 9.91. The van der Waals surface area contributed by atoms with Gasteiger partial charge in [0, 0.05) is 24.1 Å². The summed E-state index contributed by atoms with van der Waals surface area (Å²) in [5.41, 5.74) is 1.17. The van der Waals surface area contributed by atoms with Crippen LogP contribution in [0.4, 0.5) is 0 Å².